The van der Waals surface area contributed by atoms with Crippen LogP contribution in [0.5, 0.6) is 5.75 Å². The van der Waals surface area contributed by atoms with E-state index in [2.05, 4.69) is 4.98 Å². The molecule has 0 radical (unpaired) electrons. The van der Waals surface area contributed by atoms with Crippen molar-refractivity contribution in [3.63, 3.8) is 0 Å². The highest BCUT2D eigenvalue weighted by molar-refractivity contribution is 5.46. The van der Waals surface area contributed by atoms with Crippen molar-refractivity contribution in [1.29, 1.82) is 0 Å². The van der Waals surface area contributed by atoms with E-state index in [9.17, 15) is 10.2 Å². The Bertz CT molecular complexity index is 477. The summed E-state index contributed by atoms with van der Waals surface area (Å²) >= 11 is 0. The molecule has 0 unspecified atom stereocenters. The standard InChI is InChI=1S/C11H12N2O2/c1-8-10(6-14)13(7-12-8)9-4-2-3-5-11(9)15/h2-5,7,14-15H,6H2,1H3. The van der Waals surface area contributed by atoms with Crippen LogP contribution in [-0.2, 0) is 6.61 Å². The van der Waals surface area contributed by atoms with Crippen LogP contribution in [0.15, 0.2) is 30.6 Å². The molecule has 0 atom stereocenters. The van der Waals surface area contributed by atoms with Crippen molar-refractivity contribution in [2.45, 2.75) is 13.5 Å². The number of nitrogens with zero attached hydrogens (tertiary/aromatic N) is 2. The van der Waals surface area contributed by atoms with E-state index >= 15 is 0 Å². The fourth-order valence-electron chi connectivity index (χ4n) is 1.53. The number of phenols is 1. The van der Waals surface area contributed by atoms with Crippen LogP contribution in [-0.4, -0.2) is 19.8 Å². The highest BCUT2D eigenvalue weighted by atomic mass is 16.3. The Labute approximate surface area is 87.4 Å². The molecule has 1 aromatic heterocycles. The van der Waals surface area contributed by atoms with E-state index in [0.29, 0.717) is 11.4 Å². The van der Waals surface area contributed by atoms with E-state index in [1.165, 1.54) is 0 Å². The van der Waals surface area contributed by atoms with Crippen LogP contribution in [0, 0.1) is 6.92 Å². The third-order valence-electron chi connectivity index (χ3n) is 2.37. The predicted molar refractivity (Wildman–Crippen MR) is 55.9 cm³/mol. The molecule has 15 heavy (non-hydrogen) atoms. The van der Waals surface area contributed by atoms with E-state index in [0.717, 1.165) is 5.69 Å². The molecular weight excluding hydrogens is 192 g/mol. The number of aromatic hydroxyl groups is 1. The van der Waals surface area contributed by atoms with Crippen molar-refractivity contribution >= 4 is 0 Å². The van der Waals surface area contributed by atoms with Crippen molar-refractivity contribution in [3.05, 3.63) is 42.0 Å². The summed E-state index contributed by atoms with van der Waals surface area (Å²) in [5.41, 5.74) is 2.08. The van der Waals surface area contributed by atoms with Gasteiger partial charge in [0, 0.05) is 0 Å². The number of rotatable bonds is 2. The number of hydrogen-bond acceptors (Lipinski definition) is 3. The number of aryl methyl sites for hydroxylation is 1. The second-order valence-electron chi connectivity index (χ2n) is 3.29. The molecule has 1 heterocycles. The summed E-state index contributed by atoms with van der Waals surface area (Å²) in [5, 5.41) is 18.9. The molecule has 2 N–H and O–H groups in total. The van der Waals surface area contributed by atoms with Gasteiger partial charge in [-0.1, -0.05) is 12.1 Å². The maximum atomic E-state index is 9.66. The van der Waals surface area contributed by atoms with Gasteiger partial charge >= 0.3 is 0 Å². The van der Waals surface area contributed by atoms with Gasteiger partial charge in [-0.05, 0) is 19.1 Å². The Kier molecular flexibility index (Phi) is 2.43. The second kappa shape index (κ2) is 3.74. The van der Waals surface area contributed by atoms with Gasteiger partial charge in [-0.25, -0.2) is 4.98 Å². The molecule has 2 rings (SSSR count). The molecule has 1 aromatic carbocycles. The topological polar surface area (TPSA) is 58.3 Å². The van der Waals surface area contributed by atoms with Crippen LogP contribution < -0.4 is 0 Å². The summed E-state index contributed by atoms with van der Waals surface area (Å²) < 4.78 is 1.69. The number of imidazole rings is 1. The molecule has 0 amide bonds. The lowest BCUT2D eigenvalue weighted by molar-refractivity contribution is 0.273. The average molecular weight is 204 g/mol. The molecule has 0 saturated heterocycles. The molecule has 0 bridgehead atoms. The Morgan fingerprint density at radius 1 is 1.33 bits per heavy atom. The lowest BCUT2D eigenvalue weighted by Gasteiger charge is -2.08. The van der Waals surface area contributed by atoms with Gasteiger partial charge < -0.3 is 10.2 Å². The molecule has 4 nitrogen and oxygen atoms in total. The quantitative estimate of drug-likeness (QED) is 0.777. The zero-order chi connectivity index (χ0) is 10.8. The maximum Gasteiger partial charge on any atom is 0.139 e. The zero-order valence-corrected chi connectivity index (χ0v) is 8.38. The van der Waals surface area contributed by atoms with E-state index in [1.807, 2.05) is 13.0 Å². The van der Waals surface area contributed by atoms with Crippen LogP contribution in [0.2, 0.25) is 0 Å². The normalized spacial score (nSPS) is 10.5. The molecule has 0 fully saturated rings. The van der Waals surface area contributed by atoms with E-state index < -0.39 is 0 Å². The summed E-state index contributed by atoms with van der Waals surface area (Å²) in [6, 6.07) is 6.95. The number of aliphatic hydroxyl groups excluding tert-OH is 1. The van der Waals surface area contributed by atoms with Gasteiger partial charge in [-0.2, -0.15) is 0 Å². The van der Waals surface area contributed by atoms with Crippen LogP contribution in [0.3, 0.4) is 0 Å². The summed E-state index contributed by atoms with van der Waals surface area (Å²) in [6.45, 7) is 1.72. The number of benzene rings is 1. The molecule has 0 aliphatic heterocycles. The highest BCUT2D eigenvalue weighted by Gasteiger charge is 2.10. The average Bonchev–Trinajstić information content (AvgIpc) is 2.60. The Morgan fingerprint density at radius 2 is 2.07 bits per heavy atom. The molecular formula is C11H12N2O2. The summed E-state index contributed by atoms with van der Waals surface area (Å²) in [6.07, 6.45) is 1.59. The van der Waals surface area contributed by atoms with Crippen molar-refractivity contribution in [1.82, 2.24) is 9.55 Å². The van der Waals surface area contributed by atoms with Crippen LogP contribution in [0.4, 0.5) is 0 Å². The molecule has 0 aliphatic carbocycles. The van der Waals surface area contributed by atoms with Crippen molar-refractivity contribution in [2.75, 3.05) is 0 Å². The minimum Gasteiger partial charge on any atom is -0.506 e. The number of phenolic OH excluding ortho intramolecular Hbond substituents is 1. The maximum absolute atomic E-state index is 9.66. The molecule has 78 valence electrons. The van der Waals surface area contributed by atoms with Crippen LogP contribution in [0.25, 0.3) is 5.69 Å². The van der Waals surface area contributed by atoms with Crippen LogP contribution >= 0.6 is 0 Å². The minimum atomic E-state index is -0.0971. The van der Waals surface area contributed by atoms with E-state index in [-0.39, 0.29) is 12.4 Å². The number of para-hydroxylation sites is 2. The van der Waals surface area contributed by atoms with Crippen LogP contribution in [0.1, 0.15) is 11.4 Å². The molecule has 2 aromatic rings. The first kappa shape index (κ1) is 9.73. The fraction of sp³-hybridized carbons (Fsp3) is 0.182. The van der Waals surface area contributed by atoms with Gasteiger partial charge in [0.15, 0.2) is 0 Å². The zero-order valence-electron chi connectivity index (χ0n) is 8.38. The summed E-state index contributed by atoms with van der Waals surface area (Å²) in [7, 11) is 0. The van der Waals surface area contributed by atoms with Crippen molar-refractivity contribution in [2.24, 2.45) is 0 Å². The largest absolute Gasteiger partial charge is 0.506 e. The van der Waals surface area contributed by atoms with E-state index in [1.54, 1.807) is 29.1 Å². The van der Waals surface area contributed by atoms with Gasteiger partial charge in [0.25, 0.3) is 0 Å². The molecule has 4 heteroatoms. The monoisotopic (exact) mass is 204 g/mol. The van der Waals surface area contributed by atoms with Gasteiger partial charge in [-0.15, -0.1) is 0 Å². The Morgan fingerprint density at radius 3 is 2.73 bits per heavy atom. The minimum absolute atomic E-state index is 0.0971. The smallest absolute Gasteiger partial charge is 0.139 e. The third-order valence-corrected chi connectivity index (χ3v) is 2.37. The first-order chi connectivity index (χ1) is 7.24. The van der Waals surface area contributed by atoms with Gasteiger partial charge in [0.1, 0.15) is 5.75 Å². The lowest BCUT2D eigenvalue weighted by atomic mass is 10.2. The van der Waals surface area contributed by atoms with Gasteiger partial charge in [0.2, 0.25) is 0 Å². The first-order valence-electron chi connectivity index (χ1n) is 4.66. The van der Waals surface area contributed by atoms with Gasteiger partial charge in [0.05, 0.1) is 30.0 Å². The lowest BCUT2D eigenvalue weighted by Crippen LogP contribution is -2.00. The number of aromatic nitrogens is 2. The predicted octanol–water partition coefficient (Wildman–Crippen LogP) is 1.38. The molecule has 0 spiro atoms. The molecule has 0 aliphatic rings. The van der Waals surface area contributed by atoms with Crippen molar-refractivity contribution < 1.29 is 10.2 Å². The molecule has 0 saturated carbocycles. The number of hydrogen-bond donors (Lipinski definition) is 2. The highest BCUT2D eigenvalue weighted by Crippen LogP contribution is 2.23. The second-order valence-corrected chi connectivity index (χ2v) is 3.29. The Balaban J connectivity index is 2.59. The van der Waals surface area contributed by atoms with Gasteiger partial charge in [-0.3, -0.25) is 4.57 Å². The summed E-state index contributed by atoms with van der Waals surface area (Å²) in [4.78, 5) is 4.10. The first-order valence-corrected chi connectivity index (χ1v) is 4.66. The Hall–Kier alpha value is -1.81. The SMILES string of the molecule is Cc1ncn(-c2ccccc2O)c1CO. The third kappa shape index (κ3) is 1.59. The summed E-state index contributed by atoms with van der Waals surface area (Å²) in [5.74, 6) is 0.171. The van der Waals surface area contributed by atoms with Crippen molar-refractivity contribution in [3.8, 4) is 11.4 Å². The van der Waals surface area contributed by atoms with E-state index in [4.69, 9.17) is 0 Å². The number of aliphatic hydroxyl groups is 1. The fourth-order valence-corrected chi connectivity index (χ4v) is 1.53.